The van der Waals surface area contributed by atoms with E-state index in [4.69, 9.17) is 12.2 Å². The molecule has 0 aromatic heterocycles. The Bertz CT molecular complexity index is 321. The normalized spacial score (nSPS) is 9.77. The summed E-state index contributed by atoms with van der Waals surface area (Å²) in [6.07, 6.45) is 1.97. The second kappa shape index (κ2) is 4.63. The van der Waals surface area contributed by atoms with Crippen molar-refractivity contribution in [2.75, 3.05) is 11.6 Å². The molecule has 0 fully saturated rings. The van der Waals surface area contributed by atoms with E-state index in [0.29, 0.717) is 0 Å². The zero-order valence-corrected chi connectivity index (χ0v) is 9.68. The summed E-state index contributed by atoms with van der Waals surface area (Å²) < 4.78 is 0.809. The second-order valence-electron chi connectivity index (χ2n) is 2.92. The van der Waals surface area contributed by atoms with Crippen LogP contribution in [-0.2, 0) is 0 Å². The molecular weight excluding hydrogens is 198 g/mol. The number of hydrogen-bond acceptors (Lipinski definition) is 2. The Kier molecular flexibility index (Phi) is 3.75. The quantitative estimate of drug-likeness (QED) is 0.715. The van der Waals surface area contributed by atoms with E-state index in [2.05, 4.69) is 31.3 Å². The molecule has 0 heterocycles. The van der Waals surface area contributed by atoms with Crippen molar-refractivity contribution in [2.45, 2.75) is 13.8 Å². The minimum Gasteiger partial charge on any atom is -0.341 e. The highest BCUT2D eigenvalue weighted by molar-refractivity contribution is 8.22. The van der Waals surface area contributed by atoms with Gasteiger partial charge in [-0.3, -0.25) is 0 Å². The van der Waals surface area contributed by atoms with Gasteiger partial charge in [0.25, 0.3) is 0 Å². The van der Waals surface area contributed by atoms with Crippen molar-refractivity contribution in [1.29, 1.82) is 0 Å². The average Bonchev–Trinajstić information content (AvgIpc) is 2.11. The lowest BCUT2D eigenvalue weighted by Gasteiger charge is -2.07. The van der Waals surface area contributed by atoms with Crippen LogP contribution >= 0.6 is 24.0 Å². The largest absolute Gasteiger partial charge is 0.341 e. The van der Waals surface area contributed by atoms with Gasteiger partial charge in [0.2, 0.25) is 0 Å². The fourth-order valence-electron chi connectivity index (χ4n) is 0.988. The molecule has 0 spiro atoms. The Morgan fingerprint density at radius 3 is 2.54 bits per heavy atom. The van der Waals surface area contributed by atoms with Gasteiger partial charge >= 0.3 is 0 Å². The van der Waals surface area contributed by atoms with Gasteiger partial charge in [-0.15, -0.1) is 11.8 Å². The SMILES string of the molecule is CSC(=S)Nc1ccc(C)c(C)c1. The molecule has 0 amide bonds. The van der Waals surface area contributed by atoms with Crippen LogP contribution in [0, 0.1) is 13.8 Å². The molecule has 0 bridgehead atoms. The minimum absolute atomic E-state index is 0.809. The van der Waals surface area contributed by atoms with Crippen LogP contribution in [0.25, 0.3) is 0 Å². The zero-order valence-electron chi connectivity index (χ0n) is 8.05. The van der Waals surface area contributed by atoms with Crippen LogP contribution in [0.2, 0.25) is 0 Å². The van der Waals surface area contributed by atoms with Gasteiger partial charge < -0.3 is 5.32 Å². The summed E-state index contributed by atoms with van der Waals surface area (Å²) in [6.45, 7) is 4.20. The lowest BCUT2D eigenvalue weighted by Crippen LogP contribution is -2.03. The van der Waals surface area contributed by atoms with Crippen molar-refractivity contribution in [3.05, 3.63) is 29.3 Å². The van der Waals surface area contributed by atoms with Crippen molar-refractivity contribution < 1.29 is 0 Å². The lowest BCUT2D eigenvalue weighted by atomic mass is 10.1. The number of aryl methyl sites for hydroxylation is 2. The van der Waals surface area contributed by atoms with Gasteiger partial charge in [-0.1, -0.05) is 18.3 Å². The molecule has 3 heteroatoms. The smallest absolute Gasteiger partial charge is 0.137 e. The summed E-state index contributed by atoms with van der Waals surface area (Å²) >= 11 is 6.62. The van der Waals surface area contributed by atoms with Gasteiger partial charge in [0.05, 0.1) is 0 Å². The van der Waals surface area contributed by atoms with Crippen molar-refractivity contribution in [2.24, 2.45) is 0 Å². The molecule has 0 aliphatic carbocycles. The van der Waals surface area contributed by atoms with Crippen LogP contribution < -0.4 is 5.32 Å². The van der Waals surface area contributed by atoms with E-state index in [0.717, 1.165) is 10.0 Å². The molecule has 1 nitrogen and oxygen atoms in total. The summed E-state index contributed by atoms with van der Waals surface area (Å²) in [5.74, 6) is 0. The van der Waals surface area contributed by atoms with Crippen LogP contribution in [0.1, 0.15) is 11.1 Å². The summed E-state index contributed by atoms with van der Waals surface area (Å²) in [5, 5.41) is 3.15. The molecule has 0 aliphatic heterocycles. The lowest BCUT2D eigenvalue weighted by molar-refractivity contribution is 1.34. The van der Waals surface area contributed by atoms with E-state index in [1.54, 1.807) is 11.8 Å². The number of anilines is 1. The maximum Gasteiger partial charge on any atom is 0.137 e. The third-order valence-corrected chi connectivity index (χ3v) is 3.01. The average molecular weight is 211 g/mol. The number of nitrogens with one attached hydrogen (secondary N) is 1. The summed E-state index contributed by atoms with van der Waals surface area (Å²) in [5.41, 5.74) is 3.66. The highest BCUT2D eigenvalue weighted by atomic mass is 32.2. The molecule has 0 aliphatic rings. The standard InChI is InChI=1S/C10H13NS2/c1-7-4-5-9(6-8(7)2)11-10(12)13-3/h4-6H,1-3H3,(H,11,12). The molecule has 70 valence electrons. The Labute approximate surface area is 88.9 Å². The van der Waals surface area contributed by atoms with Gasteiger partial charge in [-0.05, 0) is 43.4 Å². The summed E-state index contributed by atoms with van der Waals surface area (Å²) in [4.78, 5) is 0. The first-order valence-electron chi connectivity index (χ1n) is 4.05. The van der Waals surface area contributed by atoms with Crippen molar-refractivity contribution in [3.8, 4) is 0 Å². The van der Waals surface area contributed by atoms with Crippen molar-refractivity contribution in [1.82, 2.24) is 0 Å². The van der Waals surface area contributed by atoms with E-state index < -0.39 is 0 Å². The monoisotopic (exact) mass is 211 g/mol. The highest BCUT2D eigenvalue weighted by Gasteiger charge is 1.97. The first-order valence-corrected chi connectivity index (χ1v) is 5.69. The Balaban J connectivity index is 2.79. The topological polar surface area (TPSA) is 12.0 Å². The number of hydrogen-bond donors (Lipinski definition) is 1. The van der Waals surface area contributed by atoms with E-state index in [1.165, 1.54) is 11.1 Å². The molecule has 0 saturated heterocycles. The van der Waals surface area contributed by atoms with Gasteiger partial charge in [0.15, 0.2) is 0 Å². The van der Waals surface area contributed by atoms with E-state index >= 15 is 0 Å². The van der Waals surface area contributed by atoms with E-state index in [1.807, 2.05) is 12.3 Å². The highest BCUT2D eigenvalue weighted by Crippen LogP contribution is 2.15. The van der Waals surface area contributed by atoms with Crippen molar-refractivity contribution in [3.63, 3.8) is 0 Å². The molecule has 0 radical (unpaired) electrons. The molecule has 1 aromatic carbocycles. The third kappa shape index (κ3) is 3.01. The number of rotatable bonds is 1. The number of thioether (sulfide) groups is 1. The number of benzene rings is 1. The summed E-state index contributed by atoms with van der Waals surface area (Å²) in [7, 11) is 0. The van der Waals surface area contributed by atoms with Gasteiger partial charge in [0, 0.05) is 5.69 Å². The fraction of sp³-hybridized carbons (Fsp3) is 0.300. The second-order valence-corrected chi connectivity index (χ2v) is 4.40. The number of thiocarbonyl (C=S) groups is 1. The first kappa shape index (κ1) is 10.5. The van der Waals surface area contributed by atoms with E-state index in [9.17, 15) is 0 Å². The molecule has 1 aromatic rings. The molecule has 0 unspecified atom stereocenters. The van der Waals surface area contributed by atoms with Crippen LogP contribution in [0.3, 0.4) is 0 Å². The summed E-state index contributed by atoms with van der Waals surface area (Å²) in [6, 6.07) is 6.25. The predicted molar refractivity (Wildman–Crippen MR) is 65.7 cm³/mol. The van der Waals surface area contributed by atoms with Crippen LogP contribution in [-0.4, -0.2) is 10.6 Å². The minimum atomic E-state index is 0.809. The van der Waals surface area contributed by atoms with Crippen LogP contribution in [0.15, 0.2) is 18.2 Å². The Morgan fingerprint density at radius 2 is 2.00 bits per heavy atom. The van der Waals surface area contributed by atoms with Gasteiger partial charge in [-0.2, -0.15) is 0 Å². The molecule has 13 heavy (non-hydrogen) atoms. The predicted octanol–water partition coefficient (Wildman–Crippen LogP) is 3.36. The fourth-order valence-corrected chi connectivity index (χ4v) is 1.33. The van der Waals surface area contributed by atoms with Crippen LogP contribution in [0.5, 0.6) is 0 Å². The molecule has 0 atom stereocenters. The third-order valence-electron chi connectivity index (χ3n) is 1.94. The van der Waals surface area contributed by atoms with Crippen molar-refractivity contribution >= 4 is 34.0 Å². The Morgan fingerprint density at radius 1 is 1.31 bits per heavy atom. The van der Waals surface area contributed by atoms with Gasteiger partial charge in [-0.25, -0.2) is 0 Å². The van der Waals surface area contributed by atoms with Crippen LogP contribution in [0.4, 0.5) is 5.69 Å². The molecule has 1 rings (SSSR count). The zero-order chi connectivity index (χ0) is 9.84. The molecular formula is C10H13NS2. The van der Waals surface area contributed by atoms with Gasteiger partial charge in [0.1, 0.15) is 4.32 Å². The first-order chi connectivity index (χ1) is 6.13. The molecule has 0 saturated carbocycles. The molecule has 1 N–H and O–H groups in total. The Hall–Kier alpha value is -0.540. The maximum atomic E-state index is 5.07. The van der Waals surface area contributed by atoms with E-state index in [-0.39, 0.29) is 0 Å². The maximum absolute atomic E-state index is 5.07.